The second-order valence-electron chi connectivity index (χ2n) is 5.50. The minimum absolute atomic E-state index is 0.266. The number of benzene rings is 3. The van der Waals surface area contributed by atoms with E-state index in [2.05, 4.69) is 29.3 Å². The number of hydrogen-bond acceptors (Lipinski definition) is 2. The van der Waals surface area contributed by atoms with Crippen molar-refractivity contribution in [3.63, 3.8) is 0 Å². The summed E-state index contributed by atoms with van der Waals surface area (Å²) in [5, 5.41) is 2.96. The van der Waals surface area contributed by atoms with E-state index in [4.69, 9.17) is 11.6 Å². The molecule has 0 saturated heterocycles. The molecule has 1 heterocycles. The molecule has 0 bridgehead atoms. The van der Waals surface area contributed by atoms with Crippen LogP contribution in [-0.4, -0.2) is 10.5 Å². The average molecular weight is 353 g/mol. The summed E-state index contributed by atoms with van der Waals surface area (Å²) < 4.78 is 3.10. The van der Waals surface area contributed by atoms with Crippen LogP contribution in [0.4, 0.5) is 0 Å². The van der Waals surface area contributed by atoms with Gasteiger partial charge >= 0.3 is 0 Å². The Labute approximate surface area is 147 Å². The Bertz CT molecular complexity index is 1140. The van der Waals surface area contributed by atoms with Crippen LogP contribution in [0.15, 0.2) is 65.7 Å². The van der Waals surface area contributed by atoms with Gasteiger partial charge in [-0.1, -0.05) is 53.3 Å². The van der Waals surface area contributed by atoms with E-state index < -0.39 is 0 Å². The summed E-state index contributed by atoms with van der Waals surface area (Å²) in [6, 6.07) is 19.2. The third-order valence-electron chi connectivity index (χ3n) is 3.99. The van der Waals surface area contributed by atoms with Crippen molar-refractivity contribution in [2.24, 2.45) is 12.0 Å². The smallest absolute Gasteiger partial charge is 0.279 e. The van der Waals surface area contributed by atoms with Crippen LogP contribution in [0.2, 0.25) is 5.02 Å². The van der Waals surface area contributed by atoms with Crippen LogP contribution in [0.25, 0.3) is 21.0 Å². The first-order chi connectivity index (χ1) is 11.6. The number of carbonyl (C=O) groups excluding carboxylic acids is 1. The predicted octanol–water partition coefficient (Wildman–Crippen LogP) is 4.79. The molecule has 118 valence electrons. The first-order valence-corrected chi connectivity index (χ1v) is 8.65. The summed E-state index contributed by atoms with van der Waals surface area (Å²) in [4.78, 5) is 17.4. The molecule has 0 N–H and O–H groups in total. The number of aromatic nitrogens is 1. The highest BCUT2D eigenvalue weighted by Gasteiger charge is 2.09. The summed E-state index contributed by atoms with van der Waals surface area (Å²) in [6.07, 6.45) is 0. The topological polar surface area (TPSA) is 34.4 Å². The van der Waals surface area contributed by atoms with Crippen molar-refractivity contribution in [1.82, 2.24) is 4.57 Å². The lowest BCUT2D eigenvalue weighted by atomic mass is 10.1. The Hall–Kier alpha value is -2.43. The Morgan fingerprint density at radius 2 is 1.79 bits per heavy atom. The number of aryl methyl sites for hydroxylation is 1. The normalized spacial score (nSPS) is 12.2. The molecule has 0 atom stereocenters. The van der Waals surface area contributed by atoms with E-state index in [-0.39, 0.29) is 5.91 Å². The number of halogens is 1. The summed E-state index contributed by atoms with van der Waals surface area (Å²) in [6.45, 7) is 0. The van der Waals surface area contributed by atoms with E-state index in [0.717, 1.165) is 10.2 Å². The average Bonchev–Trinajstić information content (AvgIpc) is 2.92. The molecule has 3 nitrogen and oxygen atoms in total. The first kappa shape index (κ1) is 15.1. The van der Waals surface area contributed by atoms with Crippen molar-refractivity contribution in [2.75, 3.05) is 0 Å². The summed E-state index contributed by atoms with van der Waals surface area (Å²) in [5.41, 5.74) is 1.60. The molecule has 4 rings (SSSR count). The third kappa shape index (κ3) is 2.54. The quantitative estimate of drug-likeness (QED) is 0.485. The van der Waals surface area contributed by atoms with Crippen LogP contribution in [0.1, 0.15) is 10.4 Å². The summed E-state index contributed by atoms with van der Waals surface area (Å²) in [7, 11) is 1.93. The van der Waals surface area contributed by atoms with E-state index in [1.807, 2.05) is 23.7 Å². The van der Waals surface area contributed by atoms with Crippen LogP contribution < -0.4 is 4.80 Å². The van der Waals surface area contributed by atoms with Gasteiger partial charge in [0.1, 0.15) is 0 Å². The number of carbonyl (C=O) groups is 1. The number of thiazole rings is 1. The van der Waals surface area contributed by atoms with Gasteiger partial charge in [0.2, 0.25) is 0 Å². The lowest BCUT2D eigenvalue weighted by Gasteiger charge is -1.99. The molecule has 0 aliphatic carbocycles. The van der Waals surface area contributed by atoms with Crippen LogP contribution in [0, 0.1) is 0 Å². The zero-order valence-electron chi connectivity index (χ0n) is 12.9. The Balaban J connectivity index is 1.90. The molecule has 0 fully saturated rings. The highest BCUT2D eigenvalue weighted by molar-refractivity contribution is 7.17. The van der Waals surface area contributed by atoms with Crippen LogP contribution in [0.5, 0.6) is 0 Å². The lowest BCUT2D eigenvalue weighted by Crippen LogP contribution is -2.13. The van der Waals surface area contributed by atoms with Crippen molar-refractivity contribution in [1.29, 1.82) is 0 Å². The fraction of sp³-hybridized carbons (Fsp3) is 0.0526. The van der Waals surface area contributed by atoms with Gasteiger partial charge in [-0.25, -0.2) is 0 Å². The molecule has 5 heteroatoms. The molecular weight excluding hydrogens is 340 g/mol. The van der Waals surface area contributed by atoms with Gasteiger partial charge in [-0.2, -0.15) is 4.99 Å². The van der Waals surface area contributed by atoms with Crippen molar-refractivity contribution in [2.45, 2.75) is 0 Å². The molecule has 0 radical (unpaired) electrons. The second-order valence-corrected chi connectivity index (χ2v) is 6.92. The van der Waals surface area contributed by atoms with Crippen molar-refractivity contribution >= 4 is 49.8 Å². The summed E-state index contributed by atoms with van der Waals surface area (Å²) in [5.74, 6) is -0.266. The van der Waals surface area contributed by atoms with Crippen LogP contribution >= 0.6 is 22.9 Å². The number of fused-ring (bicyclic) bond motifs is 3. The number of nitrogens with zero attached hydrogens (tertiary/aromatic N) is 2. The van der Waals surface area contributed by atoms with Gasteiger partial charge in [0.05, 0.1) is 10.2 Å². The fourth-order valence-electron chi connectivity index (χ4n) is 2.71. The highest BCUT2D eigenvalue weighted by Crippen LogP contribution is 2.27. The van der Waals surface area contributed by atoms with Gasteiger partial charge in [0.25, 0.3) is 5.91 Å². The van der Waals surface area contributed by atoms with Crippen LogP contribution in [0.3, 0.4) is 0 Å². The molecule has 0 aliphatic heterocycles. The predicted molar refractivity (Wildman–Crippen MR) is 99.6 cm³/mol. The second kappa shape index (κ2) is 5.89. The number of amides is 1. The maximum atomic E-state index is 12.4. The molecule has 3 aromatic carbocycles. The number of rotatable bonds is 1. The van der Waals surface area contributed by atoms with Crippen molar-refractivity contribution in [3.8, 4) is 0 Å². The van der Waals surface area contributed by atoms with Gasteiger partial charge in [-0.3, -0.25) is 4.79 Å². The van der Waals surface area contributed by atoms with Gasteiger partial charge in [-0.05, 0) is 35.7 Å². The standard InChI is InChI=1S/C19H13ClN2OS/c1-22-16-11-8-12-4-2-3-5-15(12)17(16)24-19(22)21-18(23)13-6-9-14(20)10-7-13/h2-11H,1H3. The minimum Gasteiger partial charge on any atom is -0.319 e. The maximum absolute atomic E-state index is 12.4. The molecule has 0 saturated carbocycles. The van der Waals surface area contributed by atoms with Gasteiger partial charge in [0.15, 0.2) is 4.80 Å². The Kier molecular flexibility index (Phi) is 3.71. The molecule has 0 spiro atoms. The first-order valence-electron chi connectivity index (χ1n) is 7.45. The monoisotopic (exact) mass is 352 g/mol. The van der Waals surface area contributed by atoms with E-state index >= 15 is 0 Å². The fourth-order valence-corrected chi connectivity index (χ4v) is 3.99. The van der Waals surface area contributed by atoms with E-state index in [1.54, 1.807) is 24.3 Å². The largest absolute Gasteiger partial charge is 0.319 e. The molecule has 0 unspecified atom stereocenters. The van der Waals surface area contributed by atoms with E-state index in [0.29, 0.717) is 15.4 Å². The molecular formula is C19H13ClN2OS. The van der Waals surface area contributed by atoms with Crippen molar-refractivity contribution < 1.29 is 4.79 Å². The number of hydrogen-bond donors (Lipinski definition) is 0. The van der Waals surface area contributed by atoms with Crippen molar-refractivity contribution in [3.05, 3.63) is 76.1 Å². The van der Waals surface area contributed by atoms with Gasteiger partial charge in [0, 0.05) is 23.0 Å². The maximum Gasteiger partial charge on any atom is 0.279 e. The molecule has 24 heavy (non-hydrogen) atoms. The zero-order chi connectivity index (χ0) is 16.7. The lowest BCUT2D eigenvalue weighted by molar-refractivity contribution is 0.0998. The SMILES string of the molecule is Cn1c(=NC(=O)c2ccc(Cl)cc2)sc2c3ccccc3ccc21. The molecule has 4 aromatic rings. The minimum atomic E-state index is -0.266. The van der Waals surface area contributed by atoms with Gasteiger partial charge < -0.3 is 4.57 Å². The van der Waals surface area contributed by atoms with Crippen LogP contribution in [-0.2, 0) is 7.05 Å². The highest BCUT2D eigenvalue weighted by atomic mass is 35.5. The Morgan fingerprint density at radius 3 is 2.58 bits per heavy atom. The van der Waals surface area contributed by atoms with E-state index in [9.17, 15) is 4.79 Å². The summed E-state index contributed by atoms with van der Waals surface area (Å²) >= 11 is 7.40. The molecule has 0 aliphatic rings. The molecule has 1 aromatic heterocycles. The van der Waals surface area contributed by atoms with E-state index in [1.165, 1.54) is 22.1 Å². The zero-order valence-corrected chi connectivity index (χ0v) is 14.4. The van der Waals surface area contributed by atoms with Gasteiger partial charge in [-0.15, -0.1) is 0 Å². The Morgan fingerprint density at radius 1 is 1.04 bits per heavy atom. The molecule has 1 amide bonds. The third-order valence-corrected chi connectivity index (χ3v) is 5.42.